The maximum atomic E-state index is 12.2. The fourth-order valence-electron chi connectivity index (χ4n) is 2.34. The third-order valence-corrected chi connectivity index (χ3v) is 3.44. The number of hydrogen-bond donors (Lipinski definition) is 2. The van der Waals surface area contributed by atoms with E-state index in [9.17, 15) is 9.59 Å². The summed E-state index contributed by atoms with van der Waals surface area (Å²) in [6, 6.07) is 7.05. The summed E-state index contributed by atoms with van der Waals surface area (Å²) in [4.78, 5) is 23.9. The lowest BCUT2D eigenvalue weighted by molar-refractivity contribution is -0.116. The predicted octanol–water partition coefficient (Wildman–Crippen LogP) is 2.33. The minimum atomic E-state index is -0.183. The van der Waals surface area contributed by atoms with Gasteiger partial charge in [0, 0.05) is 19.6 Å². The van der Waals surface area contributed by atoms with Gasteiger partial charge in [-0.1, -0.05) is 19.1 Å². The summed E-state index contributed by atoms with van der Waals surface area (Å²) in [6.07, 6.45) is 3.36. The number of para-hydroxylation sites is 1. The Morgan fingerprint density at radius 2 is 2.14 bits per heavy atom. The number of benzene rings is 1. The highest BCUT2D eigenvalue weighted by molar-refractivity contribution is 6.03. The molecule has 0 bridgehead atoms. The molecule has 0 saturated carbocycles. The maximum Gasteiger partial charge on any atom is 0.253 e. The van der Waals surface area contributed by atoms with E-state index in [4.69, 9.17) is 4.74 Å². The summed E-state index contributed by atoms with van der Waals surface area (Å²) in [5, 5.41) is 5.66. The van der Waals surface area contributed by atoms with E-state index < -0.39 is 0 Å². The van der Waals surface area contributed by atoms with Gasteiger partial charge in [-0.05, 0) is 31.4 Å². The maximum absolute atomic E-state index is 12.2. The number of ether oxygens (including phenoxy) is 1. The van der Waals surface area contributed by atoms with Crippen LogP contribution in [0.25, 0.3) is 0 Å². The topological polar surface area (TPSA) is 67.4 Å². The fraction of sp³-hybridized carbons (Fsp3) is 0.500. The average molecular weight is 290 g/mol. The molecule has 1 aromatic carbocycles. The molecule has 1 heterocycles. The predicted molar refractivity (Wildman–Crippen MR) is 81.3 cm³/mol. The quantitative estimate of drug-likeness (QED) is 0.845. The van der Waals surface area contributed by atoms with E-state index in [1.54, 1.807) is 24.3 Å². The van der Waals surface area contributed by atoms with E-state index in [2.05, 4.69) is 10.6 Å². The molecule has 114 valence electrons. The second kappa shape index (κ2) is 7.78. The van der Waals surface area contributed by atoms with Crippen LogP contribution in [0.2, 0.25) is 0 Å². The smallest absolute Gasteiger partial charge is 0.253 e. The van der Waals surface area contributed by atoms with Crippen molar-refractivity contribution < 1.29 is 14.3 Å². The largest absolute Gasteiger partial charge is 0.376 e. The van der Waals surface area contributed by atoms with Crippen molar-refractivity contribution >= 4 is 17.5 Å². The van der Waals surface area contributed by atoms with Gasteiger partial charge < -0.3 is 15.4 Å². The van der Waals surface area contributed by atoms with E-state index in [0.29, 0.717) is 24.2 Å². The Labute approximate surface area is 125 Å². The Morgan fingerprint density at radius 1 is 1.33 bits per heavy atom. The van der Waals surface area contributed by atoms with Crippen LogP contribution in [0.3, 0.4) is 0 Å². The molecule has 2 rings (SSSR count). The van der Waals surface area contributed by atoms with E-state index in [1.807, 2.05) is 6.92 Å². The van der Waals surface area contributed by atoms with Crippen molar-refractivity contribution in [1.29, 1.82) is 0 Å². The lowest BCUT2D eigenvalue weighted by atomic mass is 10.1. The van der Waals surface area contributed by atoms with Gasteiger partial charge in [-0.2, -0.15) is 0 Å². The monoisotopic (exact) mass is 290 g/mol. The van der Waals surface area contributed by atoms with E-state index in [0.717, 1.165) is 25.9 Å². The van der Waals surface area contributed by atoms with Crippen LogP contribution < -0.4 is 10.6 Å². The van der Waals surface area contributed by atoms with Gasteiger partial charge in [0.2, 0.25) is 5.91 Å². The zero-order valence-electron chi connectivity index (χ0n) is 12.4. The van der Waals surface area contributed by atoms with Gasteiger partial charge in [-0.15, -0.1) is 0 Å². The molecular formula is C16H22N2O3. The number of nitrogens with one attached hydrogen (secondary N) is 2. The second-order valence-electron chi connectivity index (χ2n) is 5.19. The summed E-state index contributed by atoms with van der Waals surface area (Å²) < 4.78 is 5.48. The minimum Gasteiger partial charge on any atom is -0.376 e. The van der Waals surface area contributed by atoms with Gasteiger partial charge in [-0.3, -0.25) is 9.59 Å². The summed E-state index contributed by atoms with van der Waals surface area (Å²) in [5.74, 6) is -0.255. The first kappa shape index (κ1) is 15.5. The molecule has 2 N–H and O–H groups in total. The van der Waals surface area contributed by atoms with Gasteiger partial charge in [0.25, 0.3) is 5.91 Å². The number of hydrogen-bond acceptors (Lipinski definition) is 3. The Bertz CT molecular complexity index is 496. The first-order valence-corrected chi connectivity index (χ1v) is 7.49. The third-order valence-electron chi connectivity index (χ3n) is 3.44. The molecule has 21 heavy (non-hydrogen) atoms. The van der Waals surface area contributed by atoms with Crippen molar-refractivity contribution in [3.05, 3.63) is 29.8 Å². The minimum absolute atomic E-state index is 0.0723. The molecule has 0 aliphatic carbocycles. The molecule has 2 amide bonds. The molecule has 1 fully saturated rings. The number of rotatable bonds is 6. The summed E-state index contributed by atoms with van der Waals surface area (Å²) in [7, 11) is 0. The molecule has 1 unspecified atom stereocenters. The van der Waals surface area contributed by atoms with Crippen LogP contribution in [0.4, 0.5) is 5.69 Å². The molecule has 5 heteroatoms. The highest BCUT2D eigenvalue weighted by Gasteiger charge is 2.18. The molecule has 1 saturated heterocycles. The number of anilines is 1. The van der Waals surface area contributed by atoms with Gasteiger partial charge in [0.15, 0.2) is 0 Å². The SMILES string of the molecule is CCCC(=O)Nc1ccccc1C(=O)NCC1CCCO1. The van der Waals surface area contributed by atoms with Crippen molar-refractivity contribution in [3.8, 4) is 0 Å². The second-order valence-corrected chi connectivity index (χ2v) is 5.19. The normalized spacial score (nSPS) is 17.5. The molecule has 0 aromatic heterocycles. The summed E-state index contributed by atoms with van der Waals surface area (Å²) in [6.45, 7) is 3.22. The molecule has 1 aliphatic rings. The third kappa shape index (κ3) is 4.56. The molecule has 1 atom stereocenters. The number of carbonyl (C=O) groups is 2. The zero-order chi connectivity index (χ0) is 15.1. The van der Waals surface area contributed by atoms with Crippen molar-refractivity contribution in [2.24, 2.45) is 0 Å². The Balaban J connectivity index is 1.97. The highest BCUT2D eigenvalue weighted by atomic mass is 16.5. The Hall–Kier alpha value is -1.88. The van der Waals surface area contributed by atoms with Gasteiger partial charge >= 0.3 is 0 Å². The Morgan fingerprint density at radius 3 is 2.86 bits per heavy atom. The van der Waals surface area contributed by atoms with Crippen LogP contribution >= 0.6 is 0 Å². The highest BCUT2D eigenvalue weighted by Crippen LogP contribution is 2.16. The Kier molecular flexibility index (Phi) is 5.75. The van der Waals surface area contributed by atoms with Crippen LogP contribution in [-0.4, -0.2) is 31.1 Å². The van der Waals surface area contributed by atoms with Gasteiger partial charge in [-0.25, -0.2) is 0 Å². The zero-order valence-corrected chi connectivity index (χ0v) is 12.4. The molecule has 1 aromatic rings. The van der Waals surface area contributed by atoms with Crippen molar-refractivity contribution in [3.63, 3.8) is 0 Å². The van der Waals surface area contributed by atoms with E-state index in [-0.39, 0.29) is 17.9 Å². The molecule has 0 radical (unpaired) electrons. The van der Waals surface area contributed by atoms with Crippen molar-refractivity contribution in [2.75, 3.05) is 18.5 Å². The van der Waals surface area contributed by atoms with Crippen LogP contribution in [0.5, 0.6) is 0 Å². The van der Waals surface area contributed by atoms with Gasteiger partial charge in [0.1, 0.15) is 0 Å². The van der Waals surface area contributed by atoms with Gasteiger partial charge in [0.05, 0.1) is 17.4 Å². The van der Waals surface area contributed by atoms with Crippen molar-refractivity contribution in [2.45, 2.75) is 38.7 Å². The van der Waals surface area contributed by atoms with E-state index in [1.165, 1.54) is 0 Å². The molecular weight excluding hydrogens is 268 g/mol. The van der Waals surface area contributed by atoms with Crippen LogP contribution in [0, 0.1) is 0 Å². The summed E-state index contributed by atoms with van der Waals surface area (Å²) in [5.41, 5.74) is 1.04. The first-order valence-electron chi connectivity index (χ1n) is 7.49. The van der Waals surface area contributed by atoms with E-state index >= 15 is 0 Å². The van der Waals surface area contributed by atoms with Crippen LogP contribution in [0.15, 0.2) is 24.3 Å². The molecule has 5 nitrogen and oxygen atoms in total. The molecule has 0 spiro atoms. The number of amides is 2. The standard InChI is InChI=1S/C16H22N2O3/c1-2-6-15(19)18-14-9-4-3-8-13(14)16(20)17-11-12-7-5-10-21-12/h3-4,8-9,12H,2,5-7,10-11H2,1H3,(H,17,20)(H,18,19). The number of carbonyl (C=O) groups excluding carboxylic acids is 2. The van der Waals surface area contributed by atoms with Crippen LogP contribution in [0.1, 0.15) is 43.0 Å². The first-order chi connectivity index (χ1) is 10.2. The average Bonchev–Trinajstić information content (AvgIpc) is 2.99. The van der Waals surface area contributed by atoms with Crippen molar-refractivity contribution in [1.82, 2.24) is 5.32 Å². The fourth-order valence-corrected chi connectivity index (χ4v) is 2.34. The lowest BCUT2D eigenvalue weighted by Gasteiger charge is -2.13. The molecule has 1 aliphatic heterocycles. The van der Waals surface area contributed by atoms with Crippen LogP contribution in [-0.2, 0) is 9.53 Å². The summed E-state index contributed by atoms with van der Waals surface area (Å²) >= 11 is 0. The lowest BCUT2D eigenvalue weighted by Crippen LogP contribution is -2.32.